The van der Waals surface area contributed by atoms with Crippen LogP contribution in [0.15, 0.2) is 40.9 Å². The first kappa shape index (κ1) is 13.2. The highest BCUT2D eigenvalue weighted by Crippen LogP contribution is 2.28. The molecular weight excluding hydrogens is 300 g/mol. The highest BCUT2D eigenvalue weighted by Gasteiger charge is 2.17. The standard InChI is InChI=1S/C14H12BrF2N/c1-8-4-2-3-5-9(8)14(18)10-6-13(17)11(15)7-12(10)16/h2-7,14H,18H2,1H3. The molecule has 2 N–H and O–H groups in total. The molecule has 0 bridgehead atoms. The summed E-state index contributed by atoms with van der Waals surface area (Å²) in [6.45, 7) is 1.89. The fraction of sp³-hybridized carbons (Fsp3) is 0.143. The zero-order valence-corrected chi connectivity index (χ0v) is 11.3. The minimum absolute atomic E-state index is 0.0979. The van der Waals surface area contributed by atoms with Crippen LogP contribution in [-0.2, 0) is 0 Å². The number of halogens is 3. The maximum absolute atomic E-state index is 13.8. The van der Waals surface area contributed by atoms with Gasteiger partial charge in [-0.3, -0.25) is 0 Å². The normalized spacial score (nSPS) is 12.5. The summed E-state index contributed by atoms with van der Waals surface area (Å²) in [5, 5.41) is 0. The van der Waals surface area contributed by atoms with Gasteiger partial charge in [0.15, 0.2) is 0 Å². The number of aryl methyl sites for hydroxylation is 1. The second-order valence-corrected chi connectivity index (χ2v) is 4.98. The van der Waals surface area contributed by atoms with Gasteiger partial charge in [-0.15, -0.1) is 0 Å². The smallest absolute Gasteiger partial charge is 0.137 e. The van der Waals surface area contributed by atoms with Gasteiger partial charge in [-0.05, 0) is 46.1 Å². The third-order valence-corrected chi connectivity index (χ3v) is 3.51. The Labute approximate surface area is 113 Å². The van der Waals surface area contributed by atoms with E-state index in [1.807, 2.05) is 31.2 Å². The van der Waals surface area contributed by atoms with E-state index >= 15 is 0 Å². The summed E-state index contributed by atoms with van der Waals surface area (Å²) in [6, 6.07) is 8.98. The molecule has 2 aromatic carbocycles. The molecule has 0 aromatic heterocycles. The molecular formula is C14H12BrF2N. The monoisotopic (exact) mass is 311 g/mol. The van der Waals surface area contributed by atoms with E-state index in [4.69, 9.17) is 5.73 Å². The first-order valence-corrected chi connectivity index (χ1v) is 6.25. The summed E-state index contributed by atoms with van der Waals surface area (Å²) >= 11 is 2.94. The summed E-state index contributed by atoms with van der Waals surface area (Å²) in [7, 11) is 0. The highest BCUT2D eigenvalue weighted by atomic mass is 79.9. The molecule has 0 aliphatic heterocycles. The van der Waals surface area contributed by atoms with Crippen molar-refractivity contribution in [3.63, 3.8) is 0 Å². The Bertz CT molecular complexity index is 584. The lowest BCUT2D eigenvalue weighted by Crippen LogP contribution is -2.15. The first-order valence-electron chi connectivity index (χ1n) is 5.46. The van der Waals surface area contributed by atoms with Gasteiger partial charge in [0.1, 0.15) is 11.6 Å². The van der Waals surface area contributed by atoms with Crippen LogP contribution in [0.4, 0.5) is 8.78 Å². The average Bonchev–Trinajstić information content (AvgIpc) is 2.33. The lowest BCUT2D eigenvalue weighted by molar-refractivity contribution is 0.572. The number of hydrogen-bond donors (Lipinski definition) is 1. The SMILES string of the molecule is Cc1ccccc1C(N)c1cc(F)c(Br)cc1F. The van der Waals surface area contributed by atoms with Crippen LogP contribution in [0, 0.1) is 18.6 Å². The predicted octanol–water partition coefficient (Wildman–Crippen LogP) is 4.08. The molecule has 0 heterocycles. The van der Waals surface area contributed by atoms with Crippen molar-refractivity contribution in [2.45, 2.75) is 13.0 Å². The van der Waals surface area contributed by atoms with E-state index < -0.39 is 17.7 Å². The van der Waals surface area contributed by atoms with Gasteiger partial charge in [0.25, 0.3) is 0 Å². The Hall–Kier alpha value is -1.26. The molecule has 0 spiro atoms. The van der Waals surface area contributed by atoms with Crippen LogP contribution in [0.25, 0.3) is 0 Å². The molecule has 0 radical (unpaired) electrons. The van der Waals surface area contributed by atoms with Crippen LogP contribution in [0.2, 0.25) is 0 Å². The molecule has 1 nitrogen and oxygen atoms in total. The van der Waals surface area contributed by atoms with Crippen LogP contribution in [0.3, 0.4) is 0 Å². The van der Waals surface area contributed by atoms with Crippen molar-refractivity contribution in [3.8, 4) is 0 Å². The second-order valence-electron chi connectivity index (χ2n) is 4.12. The van der Waals surface area contributed by atoms with Gasteiger partial charge in [0.05, 0.1) is 10.5 Å². The average molecular weight is 312 g/mol. The third kappa shape index (κ3) is 2.44. The molecule has 18 heavy (non-hydrogen) atoms. The summed E-state index contributed by atoms with van der Waals surface area (Å²) in [5.41, 5.74) is 7.91. The quantitative estimate of drug-likeness (QED) is 0.831. The van der Waals surface area contributed by atoms with Gasteiger partial charge in [-0.1, -0.05) is 24.3 Å². The fourth-order valence-corrected chi connectivity index (χ4v) is 2.19. The zero-order valence-electron chi connectivity index (χ0n) is 9.75. The lowest BCUT2D eigenvalue weighted by atomic mass is 9.95. The number of hydrogen-bond acceptors (Lipinski definition) is 1. The molecule has 1 atom stereocenters. The topological polar surface area (TPSA) is 26.0 Å². The van der Waals surface area contributed by atoms with Crippen LogP contribution < -0.4 is 5.73 Å². The largest absolute Gasteiger partial charge is 0.320 e. The molecule has 2 aromatic rings. The van der Waals surface area contributed by atoms with E-state index in [1.54, 1.807) is 0 Å². The Kier molecular flexibility index (Phi) is 3.78. The van der Waals surface area contributed by atoms with Crippen LogP contribution in [0.1, 0.15) is 22.7 Å². The van der Waals surface area contributed by atoms with Crippen molar-refractivity contribution in [2.75, 3.05) is 0 Å². The molecule has 2 rings (SSSR count). The second kappa shape index (κ2) is 5.16. The van der Waals surface area contributed by atoms with Gasteiger partial charge in [0.2, 0.25) is 0 Å². The predicted molar refractivity (Wildman–Crippen MR) is 71.3 cm³/mol. The van der Waals surface area contributed by atoms with Crippen molar-refractivity contribution in [1.82, 2.24) is 0 Å². The summed E-state index contributed by atoms with van der Waals surface area (Å²) in [4.78, 5) is 0. The number of benzene rings is 2. The van der Waals surface area contributed by atoms with Crippen molar-refractivity contribution in [2.24, 2.45) is 5.73 Å². The molecule has 0 fully saturated rings. The Morgan fingerprint density at radius 2 is 1.72 bits per heavy atom. The molecule has 1 unspecified atom stereocenters. The van der Waals surface area contributed by atoms with Crippen molar-refractivity contribution >= 4 is 15.9 Å². The zero-order chi connectivity index (χ0) is 13.3. The minimum Gasteiger partial charge on any atom is -0.320 e. The van der Waals surface area contributed by atoms with Crippen LogP contribution >= 0.6 is 15.9 Å². The molecule has 4 heteroatoms. The lowest BCUT2D eigenvalue weighted by Gasteiger charge is -2.16. The summed E-state index contributed by atoms with van der Waals surface area (Å²) in [5.74, 6) is -1.03. The van der Waals surface area contributed by atoms with E-state index in [0.717, 1.165) is 23.3 Å². The maximum atomic E-state index is 13.8. The van der Waals surface area contributed by atoms with E-state index in [-0.39, 0.29) is 10.0 Å². The van der Waals surface area contributed by atoms with E-state index in [0.29, 0.717) is 0 Å². The van der Waals surface area contributed by atoms with Gasteiger partial charge in [0, 0.05) is 5.56 Å². The molecule has 94 valence electrons. The fourth-order valence-electron chi connectivity index (χ4n) is 1.88. The summed E-state index contributed by atoms with van der Waals surface area (Å²) < 4.78 is 27.4. The maximum Gasteiger partial charge on any atom is 0.137 e. The van der Waals surface area contributed by atoms with Crippen LogP contribution in [0.5, 0.6) is 0 Å². The first-order chi connectivity index (χ1) is 8.50. The molecule has 0 saturated carbocycles. The molecule has 0 saturated heterocycles. The summed E-state index contributed by atoms with van der Waals surface area (Å²) in [6.07, 6.45) is 0. The third-order valence-electron chi connectivity index (χ3n) is 2.90. The highest BCUT2D eigenvalue weighted by molar-refractivity contribution is 9.10. The van der Waals surface area contributed by atoms with E-state index in [9.17, 15) is 8.78 Å². The Balaban J connectivity index is 2.50. The Morgan fingerprint density at radius 1 is 1.06 bits per heavy atom. The minimum atomic E-state index is -0.672. The molecule has 0 aliphatic carbocycles. The van der Waals surface area contributed by atoms with Crippen molar-refractivity contribution in [3.05, 3.63) is 69.2 Å². The number of rotatable bonds is 2. The number of nitrogens with two attached hydrogens (primary N) is 1. The van der Waals surface area contributed by atoms with Gasteiger partial charge in [-0.25, -0.2) is 8.78 Å². The van der Waals surface area contributed by atoms with Crippen LogP contribution in [-0.4, -0.2) is 0 Å². The van der Waals surface area contributed by atoms with Crippen molar-refractivity contribution in [1.29, 1.82) is 0 Å². The van der Waals surface area contributed by atoms with Gasteiger partial charge in [-0.2, -0.15) is 0 Å². The van der Waals surface area contributed by atoms with Gasteiger partial charge >= 0.3 is 0 Å². The molecule has 0 aliphatic rings. The van der Waals surface area contributed by atoms with E-state index in [2.05, 4.69) is 15.9 Å². The van der Waals surface area contributed by atoms with Crippen molar-refractivity contribution < 1.29 is 8.78 Å². The Morgan fingerprint density at radius 3 is 2.39 bits per heavy atom. The molecule has 0 amide bonds. The van der Waals surface area contributed by atoms with E-state index in [1.165, 1.54) is 0 Å². The van der Waals surface area contributed by atoms with Gasteiger partial charge < -0.3 is 5.73 Å².